The number of piperazine rings is 1. The molecule has 1 amide bonds. The maximum atomic E-state index is 12.7. The highest BCUT2D eigenvalue weighted by molar-refractivity contribution is 5.98. The minimum Gasteiger partial charge on any atom is -0.399 e. The lowest BCUT2D eigenvalue weighted by molar-refractivity contribution is 0.0308. The van der Waals surface area contributed by atoms with Crippen LogP contribution in [0.4, 0.5) is 5.69 Å². The molecule has 0 spiro atoms. The predicted molar refractivity (Wildman–Crippen MR) is 85.3 cm³/mol. The van der Waals surface area contributed by atoms with Gasteiger partial charge in [0.05, 0.1) is 0 Å². The standard InChI is InChI=1S/C16H22N4O/c1-16(2)10-20(7-6-19(16)3)15(21)14-9-11-8-12(17)4-5-13(11)18-14/h4-5,8-9,18H,6-7,10,17H2,1-3H3. The predicted octanol–water partition coefficient (Wildman–Crippen LogP) is 1.92. The van der Waals surface area contributed by atoms with Crippen LogP contribution >= 0.6 is 0 Å². The van der Waals surface area contributed by atoms with Crippen molar-refractivity contribution in [1.29, 1.82) is 0 Å². The first-order valence-electron chi connectivity index (χ1n) is 7.25. The van der Waals surface area contributed by atoms with E-state index in [2.05, 4.69) is 30.8 Å². The number of H-pyrrole nitrogens is 1. The van der Waals surface area contributed by atoms with Crippen molar-refractivity contribution in [2.75, 3.05) is 32.4 Å². The van der Waals surface area contributed by atoms with Crippen LogP contribution in [0, 0.1) is 0 Å². The molecule has 5 nitrogen and oxygen atoms in total. The monoisotopic (exact) mass is 286 g/mol. The smallest absolute Gasteiger partial charge is 0.270 e. The molecule has 1 aromatic heterocycles. The number of nitrogens with zero attached hydrogens (tertiary/aromatic N) is 2. The van der Waals surface area contributed by atoms with Gasteiger partial charge in [-0.2, -0.15) is 0 Å². The Morgan fingerprint density at radius 1 is 1.29 bits per heavy atom. The van der Waals surface area contributed by atoms with Gasteiger partial charge in [0.1, 0.15) is 5.69 Å². The van der Waals surface area contributed by atoms with Gasteiger partial charge < -0.3 is 15.6 Å². The summed E-state index contributed by atoms with van der Waals surface area (Å²) in [6, 6.07) is 7.53. The fourth-order valence-corrected chi connectivity index (χ4v) is 2.85. The molecule has 5 heteroatoms. The SMILES string of the molecule is CN1CCN(C(=O)c2cc3cc(N)ccc3[nH]2)CC1(C)C. The van der Waals surface area contributed by atoms with E-state index >= 15 is 0 Å². The summed E-state index contributed by atoms with van der Waals surface area (Å²) in [5, 5.41) is 0.978. The summed E-state index contributed by atoms with van der Waals surface area (Å²) in [6.45, 7) is 6.72. The average molecular weight is 286 g/mol. The maximum absolute atomic E-state index is 12.7. The van der Waals surface area contributed by atoms with Gasteiger partial charge in [0.15, 0.2) is 0 Å². The summed E-state index contributed by atoms with van der Waals surface area (Å²) in [4.78, 5) is 20.1. The van der Waals surface area contributed by atoms with E-state index in [1.54, 1.807) is 0 Å². The summed E-state index contributed by atoms with van der Waals surface area (Å²) in [7, 11) is 2.10. The van der Waals surface area contributed by atoms with Crippen LogP contribution in [0.15, 0.2) is 24.3 Å². The van der Waals surface area contributed by atoms with Crippen LogP contribution < -0.4 is 5.73 Å². The van der Waals surface area contributed by atoms with Gasteiger partial charge in [-0.25, -0.2) is 0 Å². The zero-order valence-corrected chi connectivity index (χ0v) is 12.8. The number of rotatable bonds is 1. The van der Waals surface area contributed by atoms with Crippen molar-refractivity contribution in [3.63, 3.8) is 0 Å². The Kier molecular flexibility index (Phi) is 3.17. The lowest BCUT2D eigenvalue weighted by Crippen LogP contribution is -2.58. The van der Waals surface area contributed by atoms with Crippen molar-refractivity contribution in [2.45, 2.75) is 19.4 Å². The number of carbonyl (C=O) groups is 1. The number of hydrogen-bond acceptors (Lipinski definition) is 3. The minimum absolute atomic E-state index is 0.00432. The topological polar surface area (TPSA) is 65.4 Å². The van der Waals surface area contributed by atoms with Crippen molar-refractivity contribution in [3.8, 4) is 0 Å². The molecule has 0 radical (unpaired) electrons. The summed E-state index contributed by atoms with van der Waals surface area (Å²) in [5.74, 6) is 0.0611. The third-order valence-corrected chi connectivity index (χ3v) is 4.48. The summed E-state index contributed by atoms with van der Waals surface area (Å²) < 4.78 is 0. The quantitative estimate of drug-likeness (QED) is 0.787. The number of hydrogen-bond donors (Lipinski definition) is 2. The fraction of sp³-hybridized carbons (Fsp3) is 0.438. The molecule has 0 bridgehead atoms. The van der Waals surface area contributed by atoms with Crippen LogP contribution in [0.3, 0.4) is 0 Å². The summed E-state index contributed by atoms with van der Waals surface area (Å²) >= 11 is 0. The minimum atomic E-state index is 0.00432. The normalized spacial score (nSPS) is 19.1. The van der Waals surface area contributed by atoms with E-state index in [4.69, 9.17) is 5.73 Å². The Balaban J connectivity index is 1.87. The number of carbonyl (C=O) groups excluding carboxylic acids is 1. The van der Waals surface area contributed by atoms with Gasteiger partial charge in [-0.15, -0.1) is 0 Å². The van der Waals surface area contributed by atoms with Crippen molar-refractivity contribution in [2.24, 2.45) is 0 Å². The van der Waals surface area contributed by atoms with Crippen LogP contribution in [0.5, 0.6) is 0 Å². The Labute approximate surface area is 124 Å². The lowest BCUT2D eigenvalue weighted by Gasteiger charge is -2.45. The third-order valence-electron chi connectivity index (χ3n) is 4.48. The number of aromatic nitrogens is 1. The van der Waals surface area contributed by atoms with Gasteiger partial charge >= 0.3 is 0 Å². The second kappa shape index (κ2) is 4.77. The average Bonchev–Trinajstić information content (AvgIpc) is 2.83. The molecule has 112 valence electrons. The van der Waals surface area contributed by atoms with E-state index in [1.165, 1.54) is 0 Å². The fourth-order valence-electron chi connectivity index (χ4n) is 2.85. The number of nitrogens with two attached hydrogens (primary N) is 1. The molecule has 21 heavy (non-hydrogen) atoms. The van der Waals surface area contributed by atoms with Crippen molar-refractivity contribution < 1.29 is 4.79 Å². The number of benzene rings is 1. The van der Waals surface area contributed by atoms with Gasteiger partial charge in [-0.05, 0) is 45.2 Å². The van der Waals surface area contributed by atoms with E-state index < -0.39 is 0 Å². The highest BCUT2D eigenvalue weighted by Gasteiger charge is 2.33. The molecule has 1 fully saturated rings. The summed E-state index contributed by atoms with van der Waals surface area (Å²) in [5.41, 5.74) is 8.08. The number of likely N-dealkylation sites (N-methyl/N-ethyl adjacent to an activating group) is 1. The van der Waals surface area contributed by atoms with Crippen molar-refractivity contribution >= 4 is 22.5 Å². The first kappa shape index (κ1) is 13.9. The molecule has 1 aliphatic rings. The molecule has 0 unspecified atom stereocenters. The Bertz CT molecular complexity index is 689. The van der Waals surface area contributed by atoms with Gasteiger partial charge in [0.25, 0.3) is 5.91 Å². The van der Waals surface area contributed by atoms with Crippen molar-refractivity contribution in [1.82, 2.24) is 14.8 Å². The molecule has 1 aromatic carbocycles. The Morgan fingerprint density at radius 2 is 2.05 bits per heavy atom. The first-order chi connectivity index (χ1) is 9.87. The van der Waals surface area contributed by atoms with Gasteiger partial charge in [0.2, 0.25) is 0 Å². The molecule has 0 aliphatic carbocycles. The molecule has 2 aromatic rings. The highest BCUT2D eigenvalue weighted by Crippen LogP contribution is 2.23. The Hall–Kier alpha value is -2.01. The van der Waals surface area contributed by atoms with E-state index in [0.717, 1.165) is 30.5 Å². The number of nitrogen functional groups attached to an aromatic ring is 1. The number of fused-ring (bicyclic) bond motifs is 1. The van der Waals surface area contributed by atoms with Crippen LogP contribution in [-0.4, -0.2) is 52.9 Å². The summed E-state index contributed by atoms with van der Waals surface area (Å²) in [6.07, 6.45) is 0. The molecule has 0 saturated carbocycles. The lowest BCUT2D eigenvalue weighted by atomic mass is 9.99. The van der Waals surface area contributed by atoms with Crippen LogP contribution in [0.25, 0.3) is 10.9 Å². The maximum Gasteiger partial charge on any atom is 0.270 e. The number of aromatic amines is 1. The van der Waals surface area contributed by atoms with Crippen LogP contribution in [0.1, 0.15) is 24.3 Å². The van der Waals surface area contributed by atoms with Crippen molar-refractivity contribution in [3.05, 3.63) is 30.0 Å². The Morgan fingerprint density at radius 3 is 2.76 bits per heavy atom. The molecule has 3 rings (SSSR count). The van der Waals surface area contributed by atoms with E-state index in [0.29, 0.717) is 11.4 Å². The van der Waals surface area contributed by atoms with Gasteiger partial charge in [-0.1, -0.05) is 0 Å². The largest absolute Gasteiger partial charge is 0.399 e. The zero-order chi connectivity index (χ0) is 15.2. The molecule has 1 aliphatic heterocycles. The number of amides is 1. The number of anilines is 1. The van der Waals surface area contributed by atoms with E-state index in [-0.39, 0.29) is 11.4 Å². The number of nitrogens with one attached hydrogen (secondary N) is 1. The molecule has 2 heterocycles. The van der Waals surface area contributed by atoms with Crippen LogP contribution in [-0.2, 0) is 0 Å². The second-order valence-corrected chi connectivity index (χ2v) is 6.49. The molecular formula is C16H22N4O. The van der Waals surface area contributed by atoms with E-state index in [1.807, 2.05) is 29.2 Å². The van der Waals surface area contributed by atoms with E-state index in [9.17, 15) is 4.79 Å². The molecule has 3 N–H and O–H groups in total. The van der Waals surface area contributed by atoms with Gasteiger partial charge in [-0.3, -0.25) is 9.69 Å². The molecule has 1 saturated heterocycles. The second-order valence-electron chi connectivity index (χ2n) is 6.49. The molecule has 0 atom stereocenters. The van der Waals surface area contributed by atoms with Gasteiger partial charge in [0, 0.05) is 41.8 Å². The van der Waals surface area contributed by atoms with Crippen LogP contribution in [0.2, 0.25) is 0 Å². The first-order valence-corrected chi connectivity index (χ1v) is 7.25. The molecular weight excluding hydrogens is 264 g/mol. The zero-order valence-electron chi connectivity index (χ0n) is 12.8. The third kappa shape index (κ3) is 2.49. The highest BCUT2D eigenvalue weighted by atomic mass is 16.2.